The Bertz CT molecular complexity index is 1790. The second-order valence-corrected chi connectivity index (χ2v) is 11.4. The number of allylic oxidation sites excluding steroid dienone is 2. The van der Waals surface area contributed by atoms with Crippen molar-refractivity contribution < 1.29 is 19.1 Å². The van der Waals surface area contributed by atoms with Crippen molar-refractivity contribution in [2.24, 2.45) is 10.9 Å². The number of amidine groups is 1. The van der Waals surface area contributed by atoms with Crippen molar-refractivity contribution in [3.8, 4) is 0 Å². The van der Waals surface area contributed by atoms with Crippen LogP contribution in [0.4, 0.5) is 17.1 Å². The van der Waals surface area contributed by atoms with E-state index in [0.717, 1.165) is 28.2 Å². The number of nitrogens with zero attached hydrogens (tertiary/aromatic N) is 3. The summed E-state index contributed by atoms with van der Waals surface area (Å²) in [6, 6.07) is 38.5. The van der Waals surface area contributed by atoms with E-state index in [0.29, 0.717) is 30.7 Å². The van der Waals surface area contributed by atoms with Crippen LogP contribution in [0.15, 0.2) is 149 Å². The molecule has 1 aliphatic heterocycles. The molecule has 0 saturated carbocycles. The first-order valence-corrected chi connectivity index (χ1v) is 15.9. The standard InChI is InChI=1S/C40H37N3O4/c1-3-46-39(45)35-21-13-14-29(2)37(35)41-40-42(27-26-30-15-7-4-8-16-30)38(44)36(47-40)28-31-22-24-34(25-23-31)43(32-17-9-5-10-18-32)33-19-11-6-12-20-33/h4-13,15-25,28-29H,3,14,26-27H2,1-2H3/b36-28+,41-40?. The molecule has 7 heteroatoms. The summed E-state index contributed by atoms with van der Waals surface area (Å²) in [6.45, 7) is 4.40. The molecule has 236 valence electrons. The van der Waals surface area contributed by atoms with Gasteiger partial charge in [-0.15, -0.1) is 0 Å². The van der Waals surface area contributed by atoms with E-state index < -0.39 is 5.97 Å². The molecule has 1 amide bonds. The van der Waals surface area contributed by atoms with Crippen molar-refractivity contribution in [1.82, 2.24) is 4.90 Å². The van der Waals surface area contributed by atoms with Crippen LogP contribution in [0.3, 0.4) is 0 Å². The highest BCUT2D eigenvalue weighted by molar-refractivity contribution is 6.11. The second-order valence-electron chi connectivity index (χ2n) is 11.4. The van der Waals surface area contributed by atoms with Gasteiger partial charge in [0.2, 0.25) is 0 Å². The van der Waals surface area contributed by atoms with E-state index in [2.05, 4.69) is 29.2 Å². The molecule has 4 aromatic rings. The number of para-hydroxylation sites is 2. The largest absolute Gasteiger partial charge is 0.462 e. The Morgan fingerprint density at radius 1 is 0.894 bits per heavy atom. The minimum atomic E-state index is -0.439. The molecule has 0 spiro atoms. The van der Waals surface area contributed by atoms with Crippen LogP contribution in [-0.2, 0) is 25.5 Å². The van der Waals surface area contributed by atoms with Crippen molar-refractivity contribution in [2.75, 3.05) is 18.1 Å². The van der Waals surface area contributed by atoms with Crippen LogP contribution in [0.2, 0.25) is 0 Å². The zero-order chi connectivity index (χ0) is 32.6. The highest BCUT2D eigenvalue weighted by Gasteiger charge is 2.36. The second kappa shape index (κ2) is 14.6. The summed E-state index contributed by atoms with van der Waals surface area (Å²) in [4.78, 5) is 35.2. The van der Waals surface area contributed by atoms with Crippen LogP contribution in [0.5, 0.6) is 0 Å². The molecular formula is C40H37N3O4. The fraction of sp³-hybridized carbons (Fsp3) is 0.175. The zero-order valence-electron chi connectivity index (χ0n) is 26.6. The van der Waals surface area contributed by atoms with E-state index in [9.17, 15) is 9.59 Å². The number of carbonyl (C=O) groups excluding carboxylic acids is 2. The van der Waals surface area contributed by atoms with Gasteiger partial charge in [-0.05, 0) is 79.4 Å². The molecule has 1 fully saturated rings. The number of ether oxygens (including phenoxy) is 2. The van der Waals surface area contributed by atoms with Crippen molar-refractivity contribution >= 4 is 41.0 Å². The summed E-state index contributed by atoms with van der Waals surface area (Å²) in [6.07, 6.45) is 6.76. The van der Waals surface area contributed by atoms with E-state index in [1.807, 2.05) is 104 Å². The maximum atomic E-state index is 13.8. The monoisotopic (exact) mass is 623 g/mol. The van der Waals surface area contributed by atoms with Gasteiger partial charge in [-0.25, -0.2) is 9.79 Å². The number of aliphatic imine (C=N–C) groups is 1. The van der Waals surface area contributed by atoms with Gasteiger partial charge in [-0.3, -0.25) is 9.69 Å². The first-order valence-electron chi connectivity index (χ1n) is 15.9. The first kappa shape index (κ1) is 31.3. The van der Waals surface area contributed by atoms with Crippen LogP contribution in [0, 0.1) is 5.92 Å². The van der Waals surface area contributed by atoms with Gasteiger partial charge in [-0.1, -0.05) is 91.9 Å². The lowest BCUT2D eigenvalue weighted by molar-refractivity contribution is -0.138. The minimum absolute atomic E-state index is 0.0562. The molecule has 2 aliphatic rings. The van der Waals surface area contributed by atoms with Gasteiger partial charge in [-0.2, -0.15) is 0 Å². The van der Waals surface area contributed by atoms with Gasteiger partial charge < -0.3 is 14.4 Å². The number of carbonyl (C=O) groups is 2. The average molecular weight is 624 g/mol. The predicted molar refractivity (Wildman–Crippen MR) is 186 cm³/mol. The Labute approximate surface area is 275 Å². The minimum Gasteiger partial charge on any atom is -0.462 e. The molecule has 0 radical (unpaired) electrons. The third kappa shape index (κ3) is 7.25. The molecule has 0 aromatic heterocycles. The molecule has 4 aromatic carbocycles. The van der Waals surface area contributed by atoms with Crippen molar-refractivity contribution in [1.29, 1.82) is 0 Å². The smallest absolute Gasteiger partial charge is 0.339 e. The van der Waals surface area contributed by atoms with Gasteiger partial charge in [0.1, 0.15) is 0 Å². The van der Waals surface area contributed by atoms with Gasteiger partial charge in [0.25, 0.3) is 5.91 Å². The summed E-state index contributed by atoms with van der Waals surface area (Å²) >= 11 is 0. The lowest BCUT2D eigenvalue weighted by Crippen LogP contribution is -2.32. The molecule has 1 aliphatic carbocycles. The normalized spacial score (nSPS) is 17.7. The molecule has 1 heterocycles. The summed E-state index contributed by atoms with van der Waals surface area (Å²) in [5.41, 5.74) is 5.89. The Morgan fingerprint density at radius 3 is 2.11 bits per heavy atom. The first-order chi connectivity index (χ1) is 23.0. The number of esters is 1. The van der Waals surface area contributed by atoms with Crippen LogP contribution in [-0.4, -0.2) is 35.9 Å². The van der Waals surface area contributed by atoms with Crippen molar-refractivity contribution in [3.05, 3.63) is 156 Å². The number of benzene rings is 4. The average Bonchev–Trinajstić information content (AvgIpc) is 3.39. The fourth-order valence-corrected chi connectivity index (χ4v) is 5.65. The molecule has 47 heavy (non-hydrogen) atoms. The zero-order valence-corrected chi connectivity index (χ0v) is 26.6. The summed E-state index contributed by atoms with van der Waals surface area (Å²) in [5, 5.41) is 0. The number of hydrogen-bond donors (Lipinski definition) is 0. The Morgan fingerprint density at radius 2 is 1.49 bits per heavy atom. The third-order valence-electron chi connectivity index (χ3n) is 8.06. The summed E-state index contributed by atoms with van der Waals surface area (Å²) in [7, 11) is 0. The van der Waals surface area contributed by atoms with Crippen LogP contribution < -0.4 is 4.90 Å². The van der Waals surface area contributed by atoms with Crippen molar-refractivity contribution in [3.63, 3.8) is 0 Å². The molecule has 0 bridgehead atoms. The predicted octanol–water partition coefficient (Wildman–Crippen LogP) is 8.37. The van der Waals surface area contributed by atoms with Gasteiger partial charge in [0.15, 0.2) is 5.76 Å². The third-order valence-corrected chi connectivity index (χ3v) is 8.06. The highest BCUT2D eigenvalue weighted by Crippen LogP contribution is 2.35. The maximum absolute atomic E-state index is 13.8. The molecule has 7 nitrogen and oxygen atoms in total. The molecule has 0 N–H and O–H groups in total. The highest BCUT2D eigenvalue weighted by atomic mass is 16.5. The van der Waals surface area contributed by atoms with E-state index in [-0.39, 0.29) is 30.2 Å². The lowest BCUT2D eigenvalue weighted by atomic mass is 9.94. The molecular weight excluding hydrogens is 586 g/mol. The van der Waals surface area contributed by atoms with E-state index in [4.69, 9.17) is 14.5 Å². The SMILES string of the molecule is CCOC(=O)C1=C(N=C2O/C(=C/c3ccc(N(c4ccccc4)c4ccccc4)cc3)C(=O)N2CCc2ccccc2)C(C)CC=C1. The molecule has 6 rings (SSSR count). The Balaban J connectivity index is 1.33. The molecule has 1 saturated heterocycles. The Kier molecular flexibility index (Phi) is 9.73. The number of hydrogen-bond acceptors (Lipinski definition) is 6. The maximum Gasteiger partial charge on any atom is 0.339 e. The van der Waals surface area contributed by atoms with Crippen LogP contribution >= 0.6 is 0 Å². The number of anilines is 3. The van der Waals surface area contributed by atoms with Crippen LogP contribution in [0.25, 0.3) is 6.08 Å². The number of amides is 1. The quantitative estimate of drug-likeness (QED) is 0.131. The molecule has 1 atom stereocenters. The topological polar surface area (TPSA) is 71.4 Å². The van der Waals surface area contributed by atoms with Crippen LogP contribution in [0.1, 0.15) is 31.4 Å². The van der Waals surface area contributed by atoms with Gasteiger partial charge in [0.05, 0.1) is 17.9 Å². The number of rotatable bonds is 10. The van der Waals surface area contributed by atoms with Gasteiger partial charge in [0, 0.05) is 29.5 Å². The fourth-order valence-electron chi connectivity index (χ4n) is 5.65. The Hall–Kier alpha value is -5.69. The summed E-state index contributed by atoms with van der Waals surface area (Å²) in [5.74, 6) is -0.605. The van der Waals surface area contributed by atoms with E-state index in [1.54, 1.807) is 24.0 Å². The van der Waals surface area contributed by atoms with E-state index in [1.165, 1.54) is 0 Å². The van der Waals surface area contributed by atoms with E-state index >= 15 is 0 Å². The van der Waals surface area contributed by atoms with Crippen molar-refractivity contribution in [2.45, 2.75) is 26.7 Å². The van der Waals surface area contributed by atoms with Gasteiger partial charge >= 0.3 is 12.0 Å². The molecule has 1 unspecified atom stereocenters. The summed E-state index contributed by atoms with van der Waals surface area (Å²) < 4.78 is 11.5. The lowest BCUT2D eigenvalue weighted by Gasteiger charge is -2.25.